The molecule has 0 amide bonds. The van der Waals surface area contributed by atoms with Crippen LogP contribution >= 0.6 is 11.6 Å². The van der Waals surface area contributed by atoms with E-state index in [2.05, 4.69) is 32.9 Å². The van der Waals surface area contributed by atoms with Crippen LogP contribution in [0.1, 0.15) is 31.9 Å². The smallest absolute Gasteiger partial charge is 0.124 e. The van der Waals surface area contributed by atoms with Gasteiger partial charge in [0, 0.05) is 17.1 Å². The van der Waals surface area contributed by atoms with E-state index in [4.69, 9.17) is 26.8 Å². The topological polar surface area (TPSA) is 44.5 Å². The van der Waals surface area contributed by atoms with Gasteiger partial charge in [-0.15, -0.1) is 0 Å². The molecule has 0 unspecified atom stereocenters. The van der Waals surface area contributed by atoms with Gasteiger partial charge in [0.05, 0.1) is 0 Å². The fourth-order valence-electron chi connectivity index (χ4n) is 2.21. The monoisotopic (exact) mass is 333 g/mol. The van der Waals surface area contributed by atoms with E-state index >= 15 is 0 Å². The Bertz CT molecular complexity index is 633. The van der Waals surface area contributed by atoms with Crippen molar-refractivity contribution in [1.29, 1.82) is 0 Å². The van der Waals surface area contributed by atoms with Crippen molar-refractivity contribution in [3.8, 4) is 11.5 Å². The van der Waals surface area contributed by atoms with E-state index in [1.54, 1.807) is 6.07 Å². The first kappa shape index (κ1) is 17.6. The lowest BCUT2D eigenvalue weighted by Crippen LogP contribution is -2.12. The highest BCUT2D eigenvalue weighted by Gasteiger charge is 2.12. The minimum absolute atomic E-state index is 0.148. The van der Waals surface area contributed by atoms with Gasteiger partial charge in [0.2, 0.25) is 0 Å². The van der Waals surface area contributed by atoms with E-state index in [1.165, 1.54) is 5.56 Å². The summed E-state index contributed by atoms with van der Waals surface area (Å²) in [7, 11) is 0. The van der Waals surface area contributed by atoms with Gasteiger partial charge in [-0.2, -0.15) is 0 Å². The van der Waals surface area contributed by atoms with Crippen molar-refractivity contribution in [3.63, 3.8) is 0 Å². The molecular formula is C19H24ClNO2. The highest BCUT2D eigenvalue weighted by molar-refractivity contribution is 6.30. The summed E-state index contributed by atoms with van der Waals surface area (Å²) in [4.78, 5) is 0. The third-order valence-electron chi connectivity index (χ3n) is 3.57. The molecule has 0 saturated heterocycles. The third kappa shape index (κ3) is 5.15. The van der Waals surface area contributed by atoms with Crippen LogP contribution in [0.3, 0.4) is 0 Å². The van der Waals surface area contributed by atoms with E-state index in [0.29, 0.717) is 24.8 Å². The summed E-state index contributed by atoms with van der Waals surface area (Å²) in [5.41, 5.74) is 8.02. The quantitative estimate of drug-likeness (QED) is 0.788. The van der Waals surface area contributed by atoms with Gasteiger partial charge in [0.15, 0.2) is 0 Å². The van der Waals surface area contributed by atoms with Crippen molar-refractivity contribution in [2.45, 2.75) is 32.7 Å². The van der Waals surface area contributed by atoms with Crippen LogP contribution in [0.15, 0.2) is 42.5 Å². The average Bonchev–Trinajstić information content (AvgIpc) is 2.52. The van der Waals surface area contributed by atoms with Crippen molar-refractivity contribution in [2.24, 2.45) is 5.73 Å². The SMILES string of the molecule is CC(C)(C)c1ccc(OCCOc2ccc(Cl)cc2CN)cc1. The van der Waals surface area contributed by atoms with Gasteiger partial charge in [0.25, 0.3) is 0 Å². The predicted molar refractivity (Wildman–Crippen MR) is 95.5 cm³/mol. The highest BCUT2D eigenvalue weighted by Crippen LogP contribution is 2.25. The van der Waals surface area contributed by atoms with Crippen LogP contribution in [0.5, 0.6) is 11.5 Å². The molecule has 0 atom stereocenters. The molecule has 0 fully saturated rings. The molecule has 3 nitrogen and oxygen atoms in total. The lowest BCUT2D eigenvalue weighted by molar-refractivity contribution is 0.216. The first-order valence-corrected chi connectivity index (χ1v) is 8.12. The van der Waals surface area contributed by atoms with Gasteiger partial charge in [-0.25, -0.2) is 0 Å². The number of hydrogen-bond donors (Lipinski definition) is 1. The molecule has 0 radical (unpaired) electrons. The van der Waals surface area contributed by atoms with Gasteiger partial charge in [0.1, 0.15) is 24.7 Å². The molecule has 4 heteroatoms. The molecule has 2 N–H and O–H groups in total. The number of halogens is 1. The summed E-state index contributed by atoms with van der Waals surface area (Å²) in [6, 6.07) is 13.6. The minimum Gasteiger partial charge on any atom is -0.490 e. The largest absolute Gasteiger partial charge is 0.490 e. The third-order valence-corrected chi connectivity index (χ3v) is 3.81. The van der Waals surface area contributed by atoms with Gasteiger partial charge in [-0.3, -0.25) is 0 Å². The molecule has 0 aliphatic rings. The van der Waals surface area contributed by atoms with Crippen LogP contribution < -0.4 is 15.2 Å². The Kier molecular flexibility index (Phi) is 5.91. The molecule has 0 saturated carbocycles. The zero-order valence-electron chi connectivity index (χ0n) is 13.9. The molecule has 124 valence electrons. The highest BCUT2D eigenvalue weighted by atomic mass is 35.5. The van der Waals surface area contributed by atoms with E-state index < -0.39 is 0 Å². The fourth-order valence-corrected chi connectivity index (χ4v) is 2.41. The second-order valence-electron chi connectivity index (χ2n) is 6.43. The molecular weight excluding hydrogens is 310 g/mol. The first-order chi connectivity index (χ1) is 10.9. The lowest BCUT2D eigenvalue weighted by atomic mass is 9.87. The molecule has 2 rings (SSSR count). The minimum atomic E-state index is 0.148. The average molecular weight is 334 g/mol. The van der Waals surface area contributed by atoms with Crippen molar-refractivity contribution in [2.75, 3.05) is 13.2 Å². The van der Waals surface area contributed by atoms with Gasteiger partial charge in [-0.05, 0) is 41.3 Å². The van der Waals surface area contributed by atoms with Crippen molar-refractivity contribution < 1.29 is 9.47 Å². The normalized spacial score (nSPS) is 11.3. The van der Waals surface area contributed by atoms with Gasteiger partial charge in [-0.1, -0.05) is 44.5 Å². The van der Waals surface area contributed by atoms with E-state index in [-0.39, 0.29) is 5.41 Å². The van der Waals surface area contributed by atoms with Crippen LogP contribution in [0.25, 0.3) is 0 Å². The van der Waals surface area contributed by atoms with E-state index in [1.807, 2.05) is 24.3 Å². The second-order valence-corrected chi connectivity index (χ2v) is 6.86. The number of hydrogen-bond acceptors (Lipinski definition) is 3. The van der Waals surface area contributed by atoms with Crippen LogP contribution in [0.2, 0.25) is 5.02 Å². The Hall–Kier alpha value is -1.71. The summed E-state index contributed by atoms with van der Waals surface area (Å²) in [5, 5.41) is 0.660. The summed E-state index contributed by atoms with van der Waals surface area (Å²) in [6.45, 7) is 7.90. The summed E-state index contributed by atoms with van der Waals surface area (Å²) < 4.78 is 11.4. The molecule has 2 aromatic carbocycles. The molecule has 0 aromatic heterocycles. The number of nitrogens with two attached hydrogens (primary N) is 1. The molecule has 0 aliphatic heterocycles. The Labute approximate surface area is 143 Å². The first-order valence-electron chi connectivity index (χ1n) is 7.75. The summed E-state index contributed by atoms with van der Waals surface area (Å²) in [6.07, 6.45) is 0. The predicted octanol–water partition coefficient (Wildman–Crippen LogP) is 4.55. The Balaban J connectivity index is 1.84. The molecule has 0 aliphatic carbocycles. The van der Waals surface area contributed by atoms with Gasteiger partial charge >= 0.3 is 0 Å². The van der Waals surface area contributed by atoms with E-state index in [9.17, 15) is 0 Å². The maximum atomic E-state index is 5.95. The number of rotatable bonds is 6. The van der Waals surface area contributed by atoms with Crippen molar-refractivity contribution in [3.05, 3.63) is 58.6 Å². The van der Waals surface area contributed by atoms with Gasteiger partial charge < -0.3 is 15.2 Å². The molecule has 23 heavy (non-hydrogen) atoms. The molecule has 0 bridgehead atoms. The van der Waals surface area contributed by atoms with Crippen molar-refractivity contribution in [1.82, 2.24) is 0 Å². The fraction of sp³-hybridized carbons (Fsp3) is 0.368. The standard InChI is InChI=1S/C19H24ClNO2/c1-19(2,3)15-4-7-17(8-5-15)22-10-11-23-18-9-6-16(20)12-14(18)13-21/h4-9,12H,10-11,13,21H2,1-3H3. The van der Waals surface area contributed by atoms with Crippen LogP contribution in [0.4, 0.5) is 0 Å². The molecule has 0 spiro atoms. The number of benzene rings is 2. The zero-order valence-corrected chi connectivity index (χ0v) is 14.7. The van der Waals surface area contributed by atoms with E-state index in [0.717, 1.165) is 17.1 Å². The Morgan fingerprint density at radius 1 is 0.957 bits per heavy atom. The summed E-state index contributed by atoms with van der Waals surface area (Å²) in [5.74, 6) is 1.60. The maximum Gasteiger partial charge on any atom is 0.124 e. The molecule has 0 heterocycles. The maximum absolute atomic E-state index is 5.95. The Morgan fingerprint density at radius 2 is 1.61 bits per heavy atom. The van der Waals surface area contributed by atoms with Crippen LogP contribution in [0, 0.1) is 0 Å². The molecule has 2 aromatic rings. The number of ether oxygens (including phenoxy) is 2. The van der Waals surface area contributed by atoms with Crippen molar-refractivity contribution >= 4 is 11.6 Å². The lowest BCUT2D eigenvalue weighted by Gasteiger charge is -2.19. The second kappa shape index (κ2) is 7.71. The zero-order chi connectivity index (χ0) is 16.9. The Morgan fingerprint density at radius 3 is 2.22 bits per heavy atom. The van der Waals surface area contributed by atoms with Crippen LogP contribution in [-0.2, 0) is 12.0 Å². The van der Waals surface area contributed by atoms with Crippen LogP contribution in [-0.4, -0.2) is 13.2 Å². The summed E-state index contributed by atoms with van der Waals surface area (Å²) >= 11 is 5.95.